The number of nitrogens with two attached hydrogens (primary N) is 1. The van der Waals surface area contributed by atoms with Gasteiger partial charge in [0.25, 0.3) is 0 Å². The molecule has 2 amide bonds. The number of carbonyl (C=O) groups excluding carboxylic acids is 1. The summed E-state index contributed by atoms with van der Waals surface area (Å²) in [6.45, 7) is 2.42. The molecule has 0 aromatic rings. The van der Waals surface area contributed by atoms with Crippen LogP contribution in [0, 0.1) is 0 Å². The molecule has 0 atom stereocenters. The van der Waals surface area contributed by atoms with E-state index in [1.807, 2.05) is 6.92 Å². The van der Waals surface area contributed by atoms with E-state index in [9.17, 15) is 4.79 Å². The number of hydrogen-bond acceptors (Lipinski definition) is 1. The maximum atomic E-state index is 9.71. The summed E-state index contributed by atoms with van der Waals surface area (Å²) in [5.74, 6) is 0. The Bertz CT molecular complexity index is 99.6. The first-order valence-electron chi connectivity index (χ1n) is 4.80. The van der Waals surface area contributed by atoms with Crippen molar-refractivity contribution in [2.45, 2.75) is 45.4 Å². The van der Waals surface area contributed by atoms with E-state index in [-0.39, 0.29) is 0 Å². The molecule has 1 rings (SSSR count). The third-order valence-electron chi connectivity index (χ3n) is 1.85. The van der Waals surface area contributed by atoms with Gasteiger partial charge in [-0.1, -0.05) is 38.5 Å². The quantitative estimate of drug-likeness (QED) is 0.624. The Labute approximate surface area is 74.7 Å². The molecule has 0 saturated heterocycles. The molecule has 0 aromatic heterocycles. The lowest BCUT2D eigenvalue weighted by Crippen LogP contribution is -2.28. The van der Waals surface area contributed by atoms with E-state index in [2.05, 4.69) is 11.1 Å². The van der Waals surface area contributed by atoms with Crippen LogP contribution >= 0.6 is 0 Å². The minimum absolute atomic E-state index is 0.461. The van der Waals surface area contributed by atoms with Gasteiger partial charge in [-0.05, 0) is 6.92 Å². The smallest absolute Gasteiger partial charge is 0.312 e. The summed E-state index contributed by atoms with van der Waals surface area (Å²) < 4.78 is 0. The molecule has 1 fully saturated rings. The number of rotatable bonds is 1. The van der Waals surface area contributed by atoms with Crippen LogP contribution in [-0.2, 0) is 0 Å². The molecule has 12 heavy (non-hydrogen) atoms. The van der Waals surface area contributed by atoms with Crippen LogP contribution in [0.3, 0.4) is 0 Å². The second-order valence-corrected chi connectivity index (χ2v) is 3.02. The fourth-order valence-electron chi connectivity index (χ4n) is 1.23. The topological polar surface area (TPSA) is 55.1 Å². The van der Waals surface area contributed by atoms with Crippen molar-refractivity contribution in [3.8, 4) is 0 Å². The molecule has 0 bridgehead atoms. The van der Waals surface area contributed by atoms with Crippen LogP contribution in [0.1, 0.15) is 45.4 Å². The summed E-state index contributed by atoms with van der Waals surface area (Å²) in [7, 11) is 0. The van der Waals surface area contributed by atoms with Crippen LogP contribution in [0.25, 0.3) is 0 Å². The van der Waals surface area contributed by atoms with E-state index in [4.69, 9.17) is 0 Å². The van der Waals surface area contributed by atoms with E-state index in [0.717, 1.165) is 0 Å². The molecule has 3 nitrogen and oxygen atoms in total. The highest BCUT2D eigenvalue weighted by Gasteiger charge is 1.95. The second-order valence-electron chi connectivity index (χ2n) is 3.02. The van der Waals surface area contributed by atoms with Crippen molar-refractivity contribution in [1.82, 2.24) is 5.32 Å². The lowest BCUT2D eigenvalue weighted by molar-refractivity contribution is 0.249. The van der Waals surface area contributed by atoms with Gasteiger partial charge in [0.05, 0.1) is 0 Å². The molecule has 3 heteroatoms. The largest absolute Gasteiger partial charge is 0.352 e. The molecule has 0 radical (unpaired) electrons. The maximum Gasteiger partial charge on any atom is 0.312 e. The number of hydrogen-bond donors (Lipinski definition) is 2. The normalized spacial score (nSPS) is 15.8. The molecule has 72 valence electrons. The van der Waals surface area contributed by atoms with Crippen molar-refractivity contribution >= 4 is 6.03 Å². The van der Waals surface area contributed by atoms with Gasteiger partial charge in [0, 0.05) is 6.54 Å². The highest BCUT2D eigenvalue weighted by molar-refractivity contribution is 5.71. The lowest BCUT2D eigenvalue weighted by atomic mass is 10.0. The van der Waals surface area contributed by atoms with Crippen molar-refractivity contribution in [3.63, 3.8) is 0 Å². The van der Waals surface area contributed by atoms with E-state index >= 15 is 0 Å². The summed E-state index contributed by atoms with van der Waals surface area (Å²) in [5.41, 5.74) is 4.65. The van der Waals surface area contributed by atoms with Crippen LogP contribution in [0.4, 0.5) is 4.79 Å². The molecule has 0 unspecified atom stereocenters. The van der Waals surface area contributed by atoms with Crippen molar-refractivity contribution in [1.29, 1.82) is 0 Å². The van der Waals surface area contributed by atoms with Gasteiger partial charge < -0.3 is 11.1 Å². The Morgan fingerprint density at radius 2 is 1.50 bits per heavy atom. The predicted molar refractivity (Wildman–Crippen MR) is 51.0 cm³/mol. The fraction of sp³-hybridized carbons (Fsp3) is 0.889. The van der Waals surface area contributed by atoms with Gasteiger partial charge in [0.1, 0.15) is 0 Å². The first-order chi connectivity index (χ1) is 5.77. The number of primary amides is 1. The Morgan fingerprint density at radius 3 is 1.58 bits per heavy atom. The molecule has 3 N–H and O–H groups in total. The van der Waals surface area contributed by atoms with E-state index in [1.54, 1.807) is 0 Å². The van der Waals surface area contributed by atoms with Gasteiger partial charge >= 0.3 is 6.03 Å². The number of carbonyl (C=O) groups is 1. The molecule has 1 aliphatic carbocycles. The van der Waals surface area contributed by atoms with Gasteiger partial charge in [-0.15, -0.1) is 0 Å². The Hall–Kier alpha value is -0.730. The summed E-state index contributed by atoms with van der Waals surface area (Å²) >= 11 is 0. The van der Waals surface area contributed by atoms with Gasteiger partial charge in [0.2, 0.25) is 0 Å². The van der Waals surface area contributed by atoms with Crippen LogP contribution in [-0.4, -0.2) is 12.6 Å². The zero-order valence-electron chi connectivity index (χ0n) is 7.94. The zero-order chi connectivity index (χ0) is 9.23. The summed E-state index contributed by atoms with van der Waals surface area (Å²) in [5, 5.41) is 2.35. The van der Waals surface area contributed by atoms with Crippen molar-refractivity contribution in [2.75, 3.05) is 6.54 Å². The molecular weight excluding hydrogens is 152 g/mol. The van der Waals surface area contributed by atoms with E-state index in [1.165, 1.54) is 38.5 Å². The molecular formula is C9H20N2O. The number of nitrogens with one attached hydrogen (secondary N) is 1. The van der Waals surface area contributed by atoms with Crippen molar-refractivity contribution in [3.05, 3.63) is 0 Å². The van der Waals surface area contributed by atoms with Crippen LogP contribution in [0.5, 0.6) is 0 Å². The molecule has 0 aliphatic heterocycles. The van der Waals surface area contributed by atoms with Crippen LogP contribution in [0.2, 0.25) is 0 Å². The number of amides is 2. The highest BCUT2D eigenvalue weighted by atomic mass is 16.2. The lowest BCUT2D eigenvalue weighted by Gasteiger charge is -2.05. The van der Waals surface area contributed by atoms with Crippen molar-refractivity contribution < 1.29 is 4.79 Å². The first kappa shape index (κ1) is 11.3. The Balaban J connectivity index is 0.000000202. The van der Waals surface area contributed by atoms with E-state index in [0.29, 0.717) is 6.54 Å². The minimum Gasteiger partial charge on any atom is -0.352 e. The van der Waals surface area contributed by atoms with Crippen LogP contribution < -0.4 is 11.1 Å². The maximum absolute atomic E-state index is 9.71. The standard InChI is InChI=1S/C6H12.C3H8N2O/c1-2-4-6-5-3-1;1-2-5-3(4)6/h1-6H2;2H2,1H3,(H3,4,5,6). The summed E-state index contributed by atoms with van der Waals surface area (Å²) in [6.07, 6.45) is 9.00. The van der Waals surface area contributed by atoms with Gasteiger partial charge in [-0.2, -0.15) is 0 Å². The molecule has 0 aromatic carbocycles. The third-order valence-corrected chi connectivity index (χ3v) is 1.85. The molecule has 0 heterocycles. The minimum atomic E-state index is -0.461. The number of urea groups is 1. The fourth-order valence-corrected chi connectivity index (χ4v) is 1.23. The molecule has 1 aliphatic rings. The van der Waals surface area contributed by atoms with Gasteiger partial charge in [0.15, 0.2) is 0 Å². The van der Waals surface area contributed by atoms with Gasteiger partial charge in [-0.3, -0.25) is 0 Å². The third kappa shape index (κ3) is 9.27. The van der Waals surface area contributed by atoms with Crippen LogP contribution in [0.15, 0.2) is 0 Å². The second kappa shape index (κ2) is 8.37. The molecule has 0 spiro atoms. The zero-order valence-corrected chi connectivity index (χ0v) is 7.94. The predicted octanol–water partition coefficient (Wildman–Crippen LogP) is 2.02. The monoisotopic (exact) mass is 172 g/mol. The Morgan fingerprint density at radius 1 is 1.17 bits per heavy atom. The Kier molecular flexibility index (Phi) is 7.86. The molecule has 1 saturated carbocycles. The van der Waals surface area contributed by atoms with E-state index < -0.39 is 6.03 Å². The summed E-state index contributed by atoms with van der Waals surface area (Å²) in [6, 6.07) is -0.461. The SMILES string of the molecule is C1CCCCC1.CCNC(N)=O. The average Bonchev–Trinajstić information content (AvgIpc) is 2.08. The highest BCUT2D eigenvalue weighted by Crippen LogP contribution is 2.15. The summed E-state index contributed by atoms with van der Waals surface area (Å²) in [4.78, 5) is 9.71. The van der Waals surface area contributed by atoms with Gasteiger partial charge in [-0.25, -0.2) is 4.79 Å². The van der Waals surface area contributed by atoms with Crippen molar-refractivity contribution in [2.24, 2.45) is 5.73 Å². The first-order valence-corrected chi connectivity index (χ1v) is 4.80. The average molecular weight is 172 g/mol.